The minimum absolute atomic E-state index is 0.0451. The van der Waals surface area contributed by atoms with E-state index in [0.29, 0.717) is 5.75 Å². The van der Waals surface area contributed by atoms with E-state index in [1.807, 2.05) is 0 Å². The second-order valence-corrected chi connectivity index (χ2v) is 7.04. The second-order valence-electron chi connectivity index (χ2n) is 5.24. The molecule has 0 aromatic rings. The zero-order valence-corrected chi connectivity index (χ0v) is 10.6. The summed E-state index contributed by atoms with van der Waals surface area (Å²) in [7, 11) is 0. The lowest BCUT2D eigenvalue weighted by molar-refractivity contribution is -0.122. The fourth-order valence-electron chi connectivity index (χ4n) is 1.54. The summed E-state index contributed by atoms with van der Waals surface area (Å²) in [6.45, 7) is 6.35. The van der Waals surface area contributed by atoms with Crippen LogP contribution in [0.3, 0.4) is 0 Å². The Morgan fingerprint density at radius 1 is 1.47 bits per heavy atom. The van der Waals surface area contributed by atoms with Gasteiger partial charge in [0.15, 0.2) is 0 Å². The van der Waals surface area contributed by atoms with Crippen molar-refractivity contribution in [2.24, 2.45) is 0 Å². The first-order chi connectivity index (χ1) is 6.87. The molecule has 1 aliphatic carbocycles. The van der Waals surface area contributed by atoms with E-state index in [2.05, 4.69) is 26.1 Å². The zero-order chi connectivity index (χ0) is 11.5. The number of aliphatic hydroxyl groups is 1. The van der Waals surface area contributed by atoms with Crippen molar-refractivity contribution in [3.8, 4) is 0 Å². The lowest BCUT2D eigenvalue weighted by atomic mass is 9.77. The molecule has 0 radical (unpaired) electrons. The van der Waals surface area contributed by atoms with Crippen LogP contribution in [0.15, 0.2) is 0 Å². The Morgan fingerprint density at radius 2 is 2.07 bits per heavy atom. The van der Waals surface area contributed by atoms with Crippen molar-refractivity contribution in [2.45, 2.75) is 50.3 Å². The van der Waals surface area contributed by atoms with E-state index in [9.17, 15) is 9.90 Å². The molecule has 15 heavy (non-hydrogen) atoms. The van der Waals surface area contributed by atoms with Gasteiger partial charge in [0.2, 0.25) is 5.91 Å². The molecule has 0 aromatic heterocycles. The molecule has 1 aliphatic rings. The summed E-state index contributed by atoms with van der Waals surface area (Å²) in [6, 6.07) is 0. The van der Waals surface area contributed by atoms with Gasteiger partial charge >= 0.3 is 0 Å². The third kappa shape index (κ3) is 4.03. The van der Waals surface area contributed by atoms with Crippen molar-refractivity contribution in [1.29, 1.82) is 0 Å². The van der Waals surface area contributed by atoms with Gasteiger partial charge in [0.05, 0.1) is 17.9 Å². The molecule has 1 rings (SSSR count). The Morgan fingerprint density at radius 3 is 2.40 bits per heavy atom. The molecule has 0 atom stereocenters. The van der Waals surface area contributed by atoms with Gasteiger partial charge in [-0.05, 0) is 19.3 Å². The first kappa shape index (κ1) is 12.8. The maximum Gasteiger partial charge on any atom is 0.230 e. The first-order valence-corrected chi connectivity index (χ1v) is 6.41. The van der Waals surface area contributed by atoms with Crippen molar-refractivity contribution >= 4 is 17.7 Å². The van der Waals surface area contributed by atoms with Crippen LogP contribution in [0.5, 0.6) is 0 Å². The summed E-state index contributed by atoms with van der Waals surface area (Å²) in [5.74, 6) is 0.523. The highest BCUT2D eigenvalue weighted by molar-refractivity contribution is 8.01. The van der Waals surface area contributed by atoms with Crippen LogP contribution < -0.4 is 5.32 Å². The smallest absolute Gasteiger partial charge is 0.230 e. The van der Waals surface area contributed by atoms with Crippen LogP contribution in [-0.4, -0.2) is 33.7 Å². The van der Waals surface area contributed by atoms with E-state index in [-0.39, 0.29) is 22.8 Å². The average Bonchev–Trinajstić information content (AvgIpc) is 2.07. The van der Waals surface area contributed by atoms with Gasteiger partial charge in [-0.3, -0.25) is 4.79 Å². The number of carbonyl (C=O) groups is 1. The first-order valence-electron chi connectivity index (χ1n) is 5.43. The van der Waals surface area contributed by atoms with E-state index < -0.39 is 0 Å². The maximum atomic E-state index is 11.6. The van der Waals surface area contributed by atoms with Crippen molar-refractivity contribution in [3.05, 3.63) is 0 Å². The standard InChI is InChI=1S/C11H21NO2S/c1-10(2,3)15-7-9(14)12-11(8-13)5-4-6-11/h13H,4-8H2,1-3H3,(H,12,14). The molecular weight excluding hydrogens is 210 g/mol. The summed E-state index contributed by atoms with van der Waals surface area (Å²) in [5.41, 5.74) is -0.296. The lowest BCUT2D eigenvalue weighted by Crippen LogP contribution is -2.56. The van der Waals surface area contributed by atoms with E-state index in [1.54, 1.807) is 11.8 Å². The van der Waals surface area contributed by atoms with Gasteiger partial charge in [-0.2, -0.15) is 0 Å². The van der Waals surface area contributed by atoms with Crippen LogP contribution >= 0.6 is 11.8 Å². The van der Waals surface area contributed by atoms with Crippen molar-refractivity contribution in [1.82, 2.24) is 5.32 Å². The molecule has 3 nitrogen and oxygen atoms in total. The summed E-state index contributed by atoms with van der Waals surface area (Å²) in [4.78, 5) is 11.6. The molecule has 0 bridgehead atoms. The highest BCUT2D eigenvalue weighted by atomic mass is 32.2. The van der Waals surface area contributed by atoms with Gasteiger partial charge < -0.3 is 10.4 Å². The monoisotopic (exact) mass is 231 g/mol. The fraction of sp³-hybridized carbons (Fsp3) is 0.909. The minimum Gasteiger partial charge on any atom is -0.394 e. The number of amides is 1. The minimum atomic E-state index is -0.296. The Bertz CT molecular complexity index is 226. The van der Waals surface area contributed by atoms with Gasteiger partial charge in [0.1, 0.15) is 0 Å². The van der Waals surface area contributed by atoms with Crippen LogP contribution in [-0.2, 0) is 4.79 Å². The predicted molar refractivity (Wildman–Crippen MR) is 64.0 cm³/mol. The van der Waals surface area contributed by atoms with Crippen LogP contribution in [0, 0.1) is 0 Å². The fourth-order valence-corrected chi connectivity index (χ4v) is 2.18. The molecule has 0 unspecified atom stereocenters. The third-order valence-corrected chi connectivity index (χ3v) is 3.93. The molecule has 4 heteroatoms. The highest BCUT2D eigenvalue weighted by Gasteiger charge is 2.37. The van der Waals surface area contributed by atoms with Gasteiger partial charge in [-0.25, -0.2) is 0 Å². The van der Waals surface area contributed by atoms with Crippen LogP contribution in [0.4, 0.5) is 0 Å². The van der Waals surface area contributed by atoms with Crippen molar-refractivity contribution in [3.63, 3.8) is 0 Å². The molecule has 88 valence electrons. The number of aliphatic hydroxyl groups excluding tert-OH is 1. The largest absolute Gasteiger partial charge is 0.394 e. The maximum absolute atomic E-state index is 11.6. The molecule has 0 heterocycles. The SMILES string of the molecule is CC(C)(C)SCC(=O)NC1(CO)CCC1. The van der Waals surface area contributed by atoms with Gasteiger partial charge in [0, 0.05) is 4.75 Å². The molecule has 1 fully saturated rings. The quantitative estimate of drug-likeness (QED) is 0.772. The molecule has 1 saturated carbocycles. The van der Waals surface area contributed by atoms with E-state index >= 15 is 0 Å². The summed E-state index contributed by atoms with van der Waals surface area (Å²) in [6.07, 6.45) is 2.93. The summed E-state index contributed by atoms with van der Waals surface area (Å²) < 4.78 is 0.114. The number of rotatable bonds is 4. The van der Waals surface area contributed by atoms with E-state index in [1.165, 1.54) is 0 Å². The molecule has 0 aromatic carbocycles. The molecule has 0 spiro atoms. The Hall–Kier alpha value is -0.220. The Labute approximate surface area is 96.0 Å². The molecule has 1 amide bonds. The summed E-state index contributed by atoms with van der Waals surface area (Å²) >= 11 is 1.63. The van der Waals surface area contributed by atoms with Crippen LogP contribution in [0.25, 0.3) is 0 Å². The van der Waals surface area contributed by atoms with Crippen LogP contribution in [0.2, 0.25) is 0 Å². The number of hydrogen-bond acceptors (Lipinski definition) is 3. The van der Waals surface area contributed by atoms with Crippen molar-refractivity contribution < 1.29 is 9.90 Å². The van der Waals surface area contributed by atoms with Gasteiger partial charge in [0.25, 0.3) is 0 Å². The van der Waals surface area contributed by atoms with Crippen LogP contribution in [0.1, 0.15) is 40.0 Å². The Balaban J connectivity index is 2.29. The van der Waals surface area contributed by atoms with Crippen molar-refractivity contribution in [2.75, 3.05) is 12.4 Å². The molecule has 2 N–H and O–H groups in total. The van der Waals surface area contributed by atoms with E-state index in [0.717, 1.165) is 19.3 Å². The van der Waals surface area contributed by atoms with Gasteiger partial charge in [-0.15, -0.1) is 11.8 Å². The number of nitrogens with one attached hydrogen (secondary N) is 1. The number of hydrogen-bond donors (Lipinski definition) is 2. The average molecular weight is 231 g/mol. The Kier molecular flexibility index (Phi) is 4.06. The highest BCUT2D eigenvalue weighted by Crippen LogP contribution is 2.31. The normalized spacial score (nSPS) is 19.5. The summed E-state index contributed by atoms with van der Waals surface area (Å²) in [5, 5.41) is 12.1. The predicted octanol–water partition coefficient (Wildman–Crippen LogP) is 1.55. The van der Waals surface area contributed by atoms with E-state index in [4.69, 9.17) is 0 Å². The van der Waals surface area contributed by atoms with Gasteiger partial charge in [-0.1, -0.05) is 20.8 Å². The lowest BCUT2D eigenvalue weighted by Gasteiger charge is -2.41. The number of carbonyl (C=O) groups excluding carboxylic acids is 1. The third-order valence-electron chi connectivity index (χ3n) is 2.65. The number of thioether (sulfide) groups is 1. The molecule has 0 saturated heterocycles. The molecular formula is C11H21NO2S. The topological polar surface area (TPSA) is 49.3 Å². The zero-order valence-electron chi connectivity index (χ0n) is 9.80. The second kappa shape index (κ2) is 4.74. The molecule has 0 aliphatic heterocycles.